The van der Waals surface area contributed by atoms with Crippen molar-refractivity contribution in [3.05, 3.63) is 70.8 Å². The summed E-state index contributed by atoms with van der Waals surface area (Å²) < 4.78 is 0. The Hall–Kier alpha value is -2.95. The molecule has 2 aromatic carbocycles. The zero-order valence-electron chi connectivity index (χ0n) is 15.3. The maximum atomic E-state index is 12.7. The average Bonchev–Trinajstić information content (AvgIpc) is 2.64. The summed E-state index contributed by atoms with van der Waals surface area (Å²) in [5.41, 5.74) is 2.30. The highest BCUT2D eigenvalue weighted by molar-refractivity contribution is 6.15. The smallest absolute Gasteiger partial charge is 0.252 e. The minimum Gasteiger partial charge on any atom is -0.354 e. The van der Waals surface area contributed by atoms with Crippen LogP contribution in [-0.2, 0) is 4.79 Å². The lowest BCUT2D eigenvalue weighted by molar-refractivity contribution is -0.123. The van der Waals surface area contributed by atoms with Crippen LogP contribution in [0.4, 0.5) is 0 Å². The van der Waals surface area contributed by atoms with Crippen LogP contribution < -0.4 is 10.6 Å². The molecule has 0 radical (unpaired) electrons. The SMILES string of the molecule is Cc1ccc(C(=O)c2ccccc2C(=O)NCCNC(=O)C(C)C)cc1. The Morgan fingerprint density at radius 3 is 2.04 bits per heavy atom. The summed E-state index contributed by atoms with van der Waals surface area (Å²) >= 11 is 0. The summed E-state index contributed by atoms with van der Waals surface area (Å²) in [7, 11) is 0. The molecule has 26 heavy (non-hydrogen) atoms. The highest BCUT2D eigenvalue weighted by Gasteiger charge is 2.17. The van der Waals surface area contributed by atoms with Crippen LogP contribution in [0.25, 0.3) is 0 Å². The quantitative estimate of drug-likeness (QED) is 0.594. The van der Waals surface area contributed by atoms with Crippen LogP contribution in [-0.4, -0.2) is 30.7 Å². The van der Waals surface area contributed by atoms with Gasteiger partial charge in [-0.2, -0.15) is 0 Å². The van der Waals surface area contributed by atoms with Crippen molar-refractivity contribution in [3.63, 3.8) is 0 Å². The average molecular weight is 352 g/mol. The maximum absolute atomic E-state index is 12.7. The van der Waals surface area contributed by atoms with E-state index >= 15 is 0 Å². The fourth-order valence-electron chi connectivity index (χ4n) is 2.40. The number of benzene rings is 2. The molecule has 136 valence electrons. The molecule has 5 nitrogen and oxygen atoms in total. The lowest BCUT2D eigenvalue weighted by Crippen LogP contribution is -2.36. The molecule has 0 aliphatic carbocycles. The van der Waals surface area contributed by atoms with Crippen molar-refractivity contribution in [2.75, 3.05) is 13.1 Å². The Kier molecular flexibility index (Phi) is 6.67. The molecule has 0 aliphatic heterocycles. The molecular formula is C21H24N2O3. The minimum absolute atomic E-state index is 0.0609. The van der Waals surface area contributed by atoms with E-state index in [2.05, 4.69) is 10.6 Å². The Bertz CT molecular complexity index is 795. The Balaban J connectivity index is 2.06. The summed E-state index contributed by atoms with van der Waals surface area (Å²) in [4.78, 5) is 36.7. The van der Waals surface area contributed by atoms with Crippen LogP contribution in [0.5, 0.6) is 0 Å². The van der Waals surface area contributed by atoms with Gasteiger partial charge in [0.15, 0.2) is 5.78 Å². The fraction of sp³-hybridized carbons (Fsp3) is 0.286. The largest absolute Gasteiger partial charge is 0.354 e. The zero-order chi connectivity index (χ0) is 19.1. The number of aryl methyl sites for hydroxylation is 1. The molecule has 0 spiro atoms. The summed E-state index contributed by atoms with van der Waals surface area (Å²) in [5, 5.41) is 5.48. The number of amides is 2. The molecule has 2 rings (SSSR count). The molecule has 0 saturated heterocycles. The van der Waals surface area contributed by atoms with Gasteiger partial charge in [-0.25, -0.2) is 0 Å². The number of hydrogen-bond donors (Lipinski definition) is 2. The normalized spacial score (nSPS) is 10.5. The lowest BCUT2D eigenvalue weighted by atomic mass is 9.97. The van der Waals surface area contributed by atoms with Gasteiger partial charge >= 0.3 is 0 Å². The monoisotopic (exact) mass is 352 g/mol. The van der Waals surface area contributed by atoms with Crippen molar-refractivity contribution in [1.29, 1.82) is 0 Å². The lowest BCUT2D eigenvalue weighted by Gasteiger charge is -2.11. The van der Waals surface area contributed by atoms with Crippen molar-refractivity contribution >= 4 is 17.6 Å². The topological polar surface area (TPSA) is 75.3 Å². The highest BCUT2D eigenvalue weighted by atomic mass is 16.2. The molecule has 0 aliphatic rings. The van der Waals surface area contributed by atoms with Crippen LogP contribution in [0.15, 0.2) is 48.5 Å². The number of carbonyl (C=O) groups excluding carboxylic acids is 3. The predicted octanol–water partition coefficient (Wildman–Crippen LogP) is 2.73. The van der Waals surface area contributed by atoms with Crippen molar-refractivity contribution in [3.8, 4) is 0 Å². The molecule has 0 aromatic heterocycles. The molecular weight excluding hydrogens is 328 g/mol. The summed E-state index contributed by atoms with van der Waals surface area (Å²) in [6.07, 6.45) is 0. The standard InChI is InChI=1S/C21H24N2O3/c1-14(2)20(25)22-12-13-23-21(26)18-7-5-4-6-17(18)19(24)16-10-8-15(3)9-11-16/h4-11,14H,12-13H2,1-3H3,(H,22,25)(H,23,26). The molecule has 0 saturated carbocycles. The van der Waals surface area contributed by atoms with Gasteiger partial charge in [-0.3, -0.25) is 14.4 Å². The van der Waals surface area contributed by atoms with Crippen molar-refractivity contribution in [2.45, 2.75) is 20.8 Å². The van der Waals surface area contributed by atoms with Crippen LogP contribution in [0.3, 0.4) is 0 Å². The molecule has 0 fully saturated rings. The van der Waals surface area contributed by atoms with Gasteiger partial charge in [0.05, 0.1) is 5.56 Å². The van der Waals surface area contributed by atoms with E-state index in [1.807, 2.05) is 19.1 Å². The van der Waals surface area contributed by atoms with Gasteiger partial charge in [-0.15, -0.1) is 0 Å². The first-order chi connectivity index (χ1) is 12.4. The van der Waals surface area contributed by atoms with Crippen molar-refractivity contribution < 1.29 is 14.4 Å². The zero-order valence-corrected chi connectivity index (χ0v) is 15.3. The number of rotatable bonds is 7. The van der Waals surface area contributed by atoms with Gasteiger partial charge in [-0.1, -0.05) is 61.9 Å². The molecule has 2 amide bonds. The second kappa shape index (κ2) is 8.94. The molecule has 2 aromatic rings. The van der Waals surface area contributed by atoms with E-state index in [1.54, 1.807) is 50.2 Å². The van der Waals surface area contributed by atoms with Crippen molar-refractivity contribution in [1.82, 2.24) is 10.6 Å². The second-order valence-electron chi connectivity index (χ2n) is 6.44. The van der Waals surface area contributed by atoms with Gasteiger partial charge in [0.2, 0.25) is 5.91 Å². The number of hydrogen-bond acceptors (Lipinski definition) is 3. The van der Waals surface area contributed by atoms with Gasteiger partial charge < -0.3 is 10.6 Å². The Morgan fingerprint density at radius 1 is 0.846 bits per heavy atom. The van der Waals surface area contributed by atoms with Gasteiger partial charge in [-0.05, 0) is 13.0 Å². The molecule has 5 heteroatoms. The second-order valence-corrected chi connectivity index (χ2v) is 6.44. The first-order valence-corrected chi connectivity index (χ1v) is 8.66. The van der Waals surface area contributed by atoms with E-state index in [-0.39, 0.29) is 23.5 Å². The molecule has 0 bridgehead atoms. The first kappa shape index (κ1) is 19.4. The van der Waals surface area contributed by atoms with E-state index in [0.717, 1.165) is 5.56 Å². The third-order valence-corrected chi connectivity index (χ3v) is 3.96. The van der Waals surface area contributed by atoms with Gasteiger partial charge in [0.25, 0.3) is 5.91 Å². The molecule has 0 unspecified atom stereocenters. The summed E-state index contributed by atoms with van der Waals surface area (Å²) in [6, 6.07) is 14.0. The van der Waals surface area contributed by atoms with Crippen molar-refractivity contribution in [2.24, 2.45) is 5.92 Å². The van der Waals surface area contributed by atoms with Crippen LogP contribution >= 0.6 is 0 Å². The van der Waals surface area contributed by atoms with Crippen LogP contribution in [0.1, 0.15) is 45.7 Å². The van der Waals surface area contributed by atoms with E-state index in [4.69, 9.17) is 0 Å². The van der Waals surface area contributed by atoms with E-state index in [9.17, 15) is 14.4 Å². The van der Waals surface area contributed by atoms with Gasteiger partial charge in [0, 0.05) is 30.1 Å². The van der Waals surface area contributed by atoms with Crippen LogP contribution in [0.2, 0.25) is 0 Å². The Morgan fingerprint density at radius 2 is 1.42 bits per heavy atom. The fourth-order valence-corrected chi connectivity index (χ4v) is 2.40. The molecule has 0 heterocycles. The van der Waals surface area contributed by atoms with E-state index in [1.165, 1.54) is 0 Å². The third-order valence-electron chi connectivity index (χ3n) is 3.96. The number of nitrogens with one attached hydrogen (secondary N) is 2. The first-order valence-electron chi connectivity index (χ1n) is 8.66. The number of carbonyl (C=O) groups is 3. The highest BCUT2D eigenvalue weighted by Crippen LogP contribution is 2.15. The summed E-state index contributed by atoms with van der Waals surface area (Å²) in [5.74, 6) is -0.684. The molecule has 0 atom stereocenters. The minimum atomic E-state index is -0.333. The predicted molar refractivity (Wildman–Crippen MR) is 101 cm³/mol. The van der Waals surface area contributed by atoms with E-state index < -0.39 is 0 Å². The third kappa shape index (κ3) is 5.02. The molecule has 2 N–H and O–H groups in total. The van der Waals surface area contributed by atoms with Crippen LogP contribution in [0, 0.1) is 12.8 Å². The number of ketones is 1. The summed E-state index contributed by atoms with van der Waals surface area (Å²) in [6.45, 7) is 6.20. The maximum Gasteiger partial charge on any atom is 0.252 e. The Labute approximate surface area is 153 Å². The van der Waals surface area contributed by atoms with Gasteiger partial charge in [0.1, 0.15) is 0 Å². The van der Waals surface area contributed by atoms with E-state index in [0.29, 0.717) is 29.8 Å².